The van der Waals surface area contributed by atoms with Gasteiger partial charge in [0.2, 0.25) is 0 Å². The summed E-state index contributed by atoms with van der Waals surface area (Å²) < 4.78 is 0. The Hall–Kier alpha value is -2.19. The van der Waals surface area contributed by atoms with Gasteiger partial charge in [0.1, 0.15) is 0 Å². The lowest BCUT2D eigenvalue weighted by molar-refractivity contribution is 0.322. The summed E-state index contributed by atoms with van der Waals surface area (Å²) in [6.45, 7) is 15.2. The van der Waals surface area contributed by atoms with Crippen molar-refractivity contribution in [3.8, 4) is 0 Å². The van der Waals surface area contributed by atoms with Crippen molar-refractivity contribution in [2.75, 3.05) is 13.1 Å². The van der Waals surface area contributed by atoms with Gasteiger partial charge in [-0.05, 0) is 85.7 Å². The molecule has 2 aromatic rings. The lowest BCUT2D eigenvalue weighted by atomic mass is 9.73. The normalized spacial score (nSPS) is 18.2. The fourth-order valence-corrected chi connectivity index (χ4v) is 4.71. The summed E-state index contributed by atoms with van der Waals surface area (Å²) in [7, 11) is 0. The summed E-state index contributed by atoms with van der Waals surface area (Å²) in [4.78, 5) is 4.72. The molecule has 0 amide bonds. The van der Waals surface area contributed by atoms with E-state index in [0.29, 0.717) is 0 Å². The minimum Gasteiger partial charge on any atom is -0.317 e. The Morgan fingerprint density at radius 2 is 1.96 bits per heavy atom. The highest BCUT2D eigenvalue weighted by Gasteiger charge is 2.41. The van der Waals surface area contributed by atoms with E-state index in [1.807, 2.05) is 0 Å². The number of rotatable bonds is 3. The zero-order valence-corrected chi connectivity index (χ0v) is 16.0. The predicted molar refractivity (Wildman–Crippen MR) is 110 cm³/mol. The number of nitrogens with zero attached hydrogens (tertiary/aromatic N) is 1. The molecule has 2 heterocycles. The first-order valence-corrected chi connectivity index (χ1v) is 9.74. The van der Waals surface area contributed by atoms with Crippen molar-refractivity contribution in [1.82, 2.24) is 10.3 Å². The average molecular weight is 345 g/mol. The molecule has 1 N–H and O–H groups in total. The quantitative estimate of drug-likeness (QED) is 0.842. The number of allylic oxidation sites excluding steroid dienone is 1. The summed E-state index contributed by atoms with van der Waals surface area (Å²) in [6.07, 6.45) is 4.46. The van der Waals surface area contributed by atoms with Crippen molar-refractivity contribution in [3.63, 3.8) is 0 Å². The highest BCUT2D eigenvalue weighted by atomic mass is 14.9. The van der Waals surface area contributed by atoms with Crippen LogP contribution in [0.1, 0.15) is 59.8 Å². The van der Waals surface area contributed by atoms with Gasteiger partial charge in [-0.1, -0.05) is 38.3 Å². The Bertz CT molecular complexity index is 885. The molecule has 2 heteroatoms. The van der Waals surface area contributed by atoms with Gasteiger partial charge in [0.05, 0.1) is 0 Å². The molecule has 1 spiro atoms. The van der Waals surface area contributed by atoms with Gasteiger partial charge in [0.25, 0.3) is 0 Å². The van der Waals surface area contributed by atoms with Crippen molar-refractivity contribution in [3.05, 3.63) is 77.1 Å². The Balaban J connectivity index is 1.74. The fraction of sp³-hybridized carbons (Fsp3) is 0.375. The van der Waals surface area contributed by atoms with Gasteiger partial charge in [-0.15, -0.1) is 0 Å². The Kier molecular flexibility index (Phi) is 4.32. The van der Waals surface area contributed by atoms with Gasteiger partial charge in [-0.3, -0.25) is 4.98 Å². The fourth-order valence-electron chi connectivity index (χ4n) is 4.71. The number of aromatic nitrogens is 1. The topological polar surface area (TPSA) is 24.9 Å². The molecule has 1 fully saturated rings. The van der Waals surface area contributed by atoms with E-state index in [2.05, 4.69) is 62.7 Å². The van der Waals surface area contributed by atoms with Crippen LogP contribution in [0, 0.1) is 6.92 Å². The first kappa shape index (κ1) is 17.2. The molecule has 0 bridgehead atoms. The summed E-state index contributed by atoms with van der Waals surface area (Å²) in [6, 6.07) is 11.2. The van der Waals surface area contributed by atoms with Gasteiger partial charge in [0, 0.05) is 22.4 Å². The summed E-state index contributed by atoms with van der Waals surface area (Å²) in [5.74, 6) is 0. The zero-order valence-electron chi connectivity index (χ0n) is 16.0. The maximum atomic E-state index is 4.72. The summed E-state index contributed by atoms with van der Waals surface area (Å²) >= 11 is 0. The molecule has 0 unspecified atom stereocenters. The molecule has 0 atom stereocenters. The van der Waals surface area contributed by atoms with E-state index in [1.54, 1.807) is 0 Å². The number of aryl methyl sites for hydroxylation is 2. The second kappa shape index (κ2) is 6.51. The van der Waals surface area contributed by atoms with Crippen LogP contribution in [0.5, 0.6) is 0 Å². The van der Waals surface area contributed by atoms with E-state index in [0.717, 1.165) is 48.5 Å². The third kappa shape index (κ3) is 2.73. The molecule has 1 aliphatic carbocycles. The van der Waals surface area contributed by atoms with Gasteiger partial charge in [-0.25, -0.2) is 0 Å². The molecule has 4 rings (SSSR count). The smallest absolute Gasteiger partial charge is 0.0454 e. The highest BCUT2D eigenvalue weighted by Crippen LogP contribution is 2.50. The number of benzene rings is 1. The molecule has 2 nitrogen and oxygen atoms in total. The number of hydrogen-bond acceptors (Lipinski definition) is 2. The molecule has 0 saturated carbocycles. The maximum absolute atomic E-state index is 4.72. The Labute approximate surface area is 157 Å². The molecule has 134 valence electrons. The standard InChI is InChI=1S/C24H28N2/c1-5-20-7-9-22(18(4)26-20)17(3)19-6-8-21-16(2)15-24(23(21)14-19)10-12-25-13-11-24/h6-9,14,25H,2-3,5,10-13,15H2,1,4H3. The number of hydrogen-bond donors (Lipinski definition) is 1. The molecular formula is C24H28N2. The second-order valence-electron chi connectivity index (χ2n) is 7.84. The van der Waals surface area contributed by atoms with Crippen LogP contribution in [0.15, 0.2) is 43.5 Å². The largest absolute Gasteiger partial charge is 0.317 e. The highest BCUT2D eigenvalue weighted by molar-refractivity contribution is 5.83. The van der Waals surface area contributed by atoms with E-state index in [-0.39, 0.29) is 5.41 Å². The van der Waals surface area contributed by atoms with E-state index in [9.17, 15) is 0 Å². The minimum atomic E-state index is 0.271. The van der Waals surface area contributed by atoms with Crippen LogP contribution in [-0.4, -0.2) is 18.1 Å². The number of nitrogens with one attached hydrogen (secondary N) is 1. The SMILES string of the molecule is C=C1CC2(CCNCC2)c2cc(C(=C)c3ccc(CC)nc3C)ccc21. The first-order valence-electron chi connectivity index (χ1n) is 9.74. The van der Waals surface area contributed by atoms with Crippen LogP contribution in [0.25, 0.3) is 11.1 Å². The van der Waals surface area contributed by atoms with Crippen LogP contribution in [0.4, 0.5) is 0 Å². The predicted octanol–water partition coefficient (Wildman–Crippen LogP) is 5.05. The molecule has 1 saturated heterocycles. The molecule has 1 aromatic carbocycles. The average Bonchev–Trinajstić information content (AvgIpc) is 2.92. The molecule has 26 heavy (non-hydrogen) atoms. The third-order valence-corrected chi connectivity index (χ3v) is 6.26. The minimum absolute atomic E-state index is 0.271. The monoisotopic (exact) mass is 344 g/mol. The lowest BCUT2D eigenvalue weighted by Crippen LogP contribution is -2.38. The van der Waals surface area contributed by atoms with Crippen molar-refractivity contribution < 1.29 is 0 Å². The van der Waals surface area contributed by atoms with Gasteiger partial charge >= 0.3 is 0 Å². The van der Waals surface area contributed by atoms with Gasteiger partial charge in [0.15, 0.2) is 0 Å². The van der Waals surface area contributed by atoms with E-state index >= 15 is 0 Å². The first-order chi connectivity index (χ1) is 12.5. The van der Waals surface area contributed by atoms with Crippen LogP contribution >= 0.6 is 0 Å². The van der Waals surface area contributed by atoms with Gasteiger partial charge < -0.3 is 5.32 Å². The van der Waals surface area contributed by atoms with Crippen LogP contribution in [-0.2, 0) is 11.8 Å². The molecule has 0 radical (unpaired) electrons. The zero-order chi connectivity index (χ0) is 18.3. The van der Waals surface area contributed by atoms with E-state index in [1.165, 1.54) is 35.1 Å². The van der Waals surface area contributed by atoms with Crippen LogP contribution < -0.4 is 5.32 Å². The maximum Gasteiger partial charge on any atom is 0.0454 e. The van der Waals surface area contributed by atoms with E-state index in [4.69, 9.17) is 4.98 Å². The second-order valence-corrected chi connectivity index (χ2v) is 7.84. The Morgan fingerprint density at radius 1 is 1.19 bits per heavy atom. The number of piperidine rings is 1. The molecule has 1 aliphatic heterocycles. The van der Waals surface area contributed by atoms with Crippen molar-refractivity contribution in [1.29, 1.82) is 0 Å². The van der Waals surface area contributed by atoms with Crippen molar-refractivity contribution >= 4 is 11.1 Å². The summed E-state index contributed by atoms with van der Waals surface area (Å²) in [5, 5.41) is 3.51. The van der Waals surface area contributed by atoms with Crippen LogP contribution in [0.2, 0.25) is 0 Å². The third-order valence-electron chi connectivity index (χ3n) is 6.26. The van der Waals surface area contributed by atoms with Crippen LogP contribution in [0.3, 0.4) is 0 Å². The van der Waals surface area contributed by atoms with Crippen molar-refractivity contribution in [2.45, 2.75) is 44.9 Å². The molecular weight excluding hydrogens is 316 g/mol. The summed E-state index contributed by atoms with van der Waals surface area (Å²) in [5.41, 5.74) is 10.1. The molecule has 1 aromatic heterocycles. The number of pyridine rings is 1. The Morgan fingerprint density at radius 3 is 2.65 bits per heavy atom. The van der Waals surface area contributed by atoms with Crippen molar-refractivity contribution in [2.24, 2.45) is 0 Å². The number of fused-ring (bicyclic) bond motifs is 2. The lowest BCUT2D eigenvalue weighted by Gasteiger charge is -2.35. The molecule has 2 aliphatic rings. The van der Waals surface area contributed by atoms with Gasteiger partial charge in [-0.2, -0.15) is 0 Å². The van der Waals surface area contributed by atoms with E-state index < -0.39 is 0 Å².